The van der Waals surface area contributed by atoms with Crippen LogP contribution in [0.25, 0.3) is 11.0 Å². The van der Waals surface area contributed by atoms with Gasteiger partial charge in [-0.1, -0.05) is 11.6 Å². The molecule has 134 valence electrons. The lowest BCUT2D eigenvalue weighted by Gasteiger charge is -2.10. The summed E-state index contributed by atoms with van der Waals surface area (Å²) in [6, 6.07) is 7.30. The van der Waals surface area contributed by atoms with Gasteiger partial charge < -0.3 is 14.5 Å². The molecule has 5 nitrogen and oxygen atoms in total. The van der Waals surface area contributed by atoms with Crippen LogP contribution in [-0.4, -0.2) is 12.5 Å². The molecule has 0 radical (unpaired) electrons. The number of hydrogen-bond donors (Lipinski definition) is 1. The lowest BCUT2D eigenvalue weighted by atomic mass is 10.1. The number of carbonyl (C=O) groups excluding carboxylic acids is 1. The molecule has 26 heavy (non-hydrogen) atoms. The highest BCUT2D eigenvalue weighted by atomic mass is 35.5. The summed E-state index contributed by atoms with van der Waals surface area (Å²) >= 11 is 6.13. The number of ether oxygens (including phenoxy) is 1. The number of fused-ring (bicyclic) bond motifs is 1. The maximum atomic E-state index is 13.1. The summed E-state index contributed by atoms with van der Waals surface area (Å²) in [5.74, 6) is -2.54. The zero-order valence-electron chi connectivity index (χ0n) is 13.4. The van der Waals surface area contributed by atoms with Crippen LogP contribution in [0.2, 0.25) is 5.02 Å². The SMILES string of the molecule is Cc1cc(=O)oc2cc(OCC(=O)Nc3ccc(F)c(F)c3)c(Cl)cc12. The summed E-state index contributed by atoms with van der Waals surface area (Å²) in [7, 11) is 0. The molecule has 0 aliphatic carbocycles. The molecule has 0 atom stereocenters. The van der Waals surface area contributed by atoms with Gasteiger partial charge in [-0.2, -0.15) is 0 Å². The normalized spacial score (nSPS) is 10.8. The van der Waals surface area contributed by atoms with Gasteiger partial charge in [0.25, 0.3) is 5.91 Å². The highest BCUT2D eigenvalue weighted by molar-refractivity contribution is 6.32. The molecule has 0 fully saturated rings. The molecule has 1 heterocycles. The molecule has 0 saturated heterocycles. The Balaban J connectivity index is 1.74. The molecule has 0 bridgehead atoms. The first-order valence-corrected chi connectivity index (χ1v) is 7.83. The predicted molar refractivity (Wildman–Crippen MR) is 92.7 cm³/mol. The van der Waals surface area contributed by atoms with Gasteiger partial charge in [-0.25, -0.2) is 13.6 Å². The predicted octanol–water partition coefficient (Wildman–Crippen LogP) is 4.05. The van der Waals surface area contributed by atoms with Gasteiger partial charge in [-0.05, 0) is 30.7 Å². The number of nitrogens with one attached hydrogen (secondary N) is 1. The molecule has 0 aliphatic rings. The van der Waals surface area contributed by atoms with Crippen LogP contribution in [-0.2, 0) is 4.79 Å². The van der Waals surface area contributed by atoms with Crippen molar-refractivity contribution in [2.24, 2.45) is 0 Å². The molecule has 2 aromatic carbocycles. The summed E-state index contributed by atoms with van der Waals surface area (Å²) in [4.78, 5) is 23.4. The number of benzene rings is 2. The van der Waals surface area contributed by atoms with Gasteiger partial charge in [-0.3, -0.25) is 4.79 Å². The van der Waals surface area contributed by atoms with Gasteiger partial charge in [0.2, 0.25) is 0 Å². The van der Waals surface area contributed by atoms with E-state index >= 15 is 0 Å². The summed E-state index contributed by atoms with van der Waals surface area (Å²) in [6.07, 6.45) is 0. The van der Waals surface area contributed by atoms with E-state index in [0.29, 0.717) is 10.9 Å². The Morgan fingerprint density at radius 2 is 1.96 bits per heavy atom. The first kappa shape index (κ1) is 17.9. The van der Waals surface area contributed by atoms with Crippen LogP contribution >= 0.6 is 11.6 Å². The third-order valence-electron chi connectivity index (χ3n) is 3.57. The summed E-state index contributed by atoms with van der Waals surface area (Å²) in [6.45, 7) is 1.31. The van der Waals surface area contributed by atoms with E-state index in [2.05, 4.69) is 5.32 Å². The lowest BCUT2D eigenvalue weighted by molar-refractivity contribution is -0.118. The van der Waals surface area contributed by atoms with Crippen molar-refractivity contribution in [1.29, 1.82) is 0 Å². The summed E-state index contributed by atoms with van der Waals surface area (Å²) < 4.78 is 36.4. The van der Waals surface area contributed by atoms with Crippen molar-refractivity contribution in [3.05, 3.63) is 69.0 Å². The molecule has 0 spiro atoms. The molecule has 1 N–H and O–H groups in total. The molecule has 0 saturated carbocycles. The fraction of sp³-hybridized carbons (Fsp3) is 0.111. The monoisotopic (exact) mass is 379 g/mol. The quantitative estimate of drug-likeness (QED) is 0.694. The van der Waals surface area contributed by atoms with E-state index in [9.17, 15) is 18.4 Å². The van der Waals surface area contributed by atoms with Gasteiger partial charge >= 0.3 is 5.63 Å². The minimum atomic E-state index is -1.08. The van der Waals surface area contributed by atoms with E-state index in [4.69, 9.17) is 20.8 Å². The second-order valence-corrected chi connectivity index (χ2v) is 5.90. The van der Waals surface area contributed by atoms with Gasteiger partial charge in [0.05, 0.1) is 5.02 Å². The highest BCUT2D eigenvalue weighted by Gasteiger charge is 2.12. The van der Waals surface area contributed by atoms with Crippen LogP contribution in [0.4, 0.5) is 14.5 Å². The van der Waals surface area contributed by atoms with Crippen molar-refractivity contribution in [3.8, 4) is 5.75 Å². The number of amides is 1. The molecule has 3 aromatic rings. The molecule has 0 unspecified atom stereocenters. The van der Waals surface area contributed by atoms with Gasteiger partial charge in [0, 0.05) is 29.3 Å². The molecule has 0 aliphatic heterocycles. The largest absolute Gasteiger partial charge is 0.482 e. The van der Waals surface area contributed by atoms with Crippen LogP contribution in [0, 0.1) is 18.6 Å². The van der Waals surface area contributed by atoms with E-state index in [-0.39, 0.29) is 22.0 Å². The van der Waals surface area contributed by atoms with Crippen LogP contribution < -0.4 is 15.7 Å². The number of halogens is 3. The third-order valence-corrected chi connectivity index (χ3v) is 3.86. The van der Waals surface area contributed by atoms with Gasteiger partial charge in [-0.15, -0.1) is 0 Å². The fourth-order valence-corrected chi connectivity index (χ4v) is 2.56. The average molecular weight is 380 g/mol. The number of anilines is 1. The second-order valence-electron chi connectivity index (χ2n) is 5.49. The second kappa shape index (κ2) is 7.13. The van der Waals surface area contributed by atoms with Gasteiger partial charge in [0.15, 0.2) is 18.2 Å². The minimum Gasteiger partial charge on any atom is -0.482 e. The molecule has 1 amide bonds. The standard InChI is InChI=1S/C18H12ClF2NO4/c1-9-4-18(24)26-15-7-16(12(19)6-11(9)15)25-8-17(23)22-10-2-3-13(20)14(21)5-10/h2-7H,8H2,1H3,(H,22,23). The lowest BCUT2D eigenvalue weighted by Crippen LogP contribution is -2.20. The van der Waals surface area contributed by atoms with Gasteiger partial charge in [0.1, 0.15) is 11.3 Å². The number of hydrogen-bond acceptors (Lipinski definition) is 4. The average Bonchev–Trinajstić information content (AvgIpc) is 2.57. The maximum Gasteiger partial charge on any atom is 0.336 e. The topological polar surface area (TPSA) is 68.5 Å². The molecule has 8 heteroatoms. The van der Waals surface area contributed by atoms with E-state index in [1.54, 1.807) is 13.0 Å². The van der Waals surface area contributed by atoms with Crippen molar-refractivity contribution in [2.75, 3.05) is 11.9 Å². The van der Waals surface area contributed by atoms with E-state index in [0.717, 1.165) is 12.1 Å². The van der Waals surface area contributed by atoms with Crippen molar-refractivity contribution in [2.45, 2.75) is 6.92 Å². The highest BCUT2D eigenvalue weighted by Crippen LogP contribution is 2.31. The van der Waals surface area contributed by atoms with E-state index in [1.165, 1.54) is 18.2 Å². The van der Waals surface area contributed by atoms with Crippen molar-refractivity contribution >= 4 is 34.2 Å². The fourth-order valence-electron chi connectivity index (χ4n) is 2.34. The molecule has 1 aromatic heterocycles. The first-order valence-electron chi connectivity index (χ1n) is 7.45. The van der Waals surface area contributed by atoms with Crippen molar-refractivity contribution < 1.29 is 22.7 Å². The van der Waals surface area contributed by atoms with Crippen LogP contribution in [0.3, 0.4) is 0 Å². The Labute approximate surface area is 151 Å². The number of carbonyl (C=O) groups is 1. The van der Waals surface area contributed by atoms with E-state index < -0.39 is 29.8 Å². The van der Waals surface area contributed by atoms with Crippen LogP contribution in [0.1, 0.15) is 5.56 Å². The zero-order valence-corrected chi connectivity index (χ0v) is 14.2. The number of rotatable bonds is 4. The maximum absolute atomic E-state index is 13.1. The summed E-state index contributed by atoms with van der Waals surface area (Å²) in [5, 5.41) is 3.25. The van der Waals surface area contributed by atoms with Crippen LogP contribution in [0.5, 0.6) is 5.75 Å². The first-order chi connectivity index (χ1) is 12.3. The molecular formula is C18H12ClF2NO4. The molecule has 3 rings (SSSR count). The third kappa shape index (κ3) is 3.83. The van der Waals surface area contributed by atoms with Crippen molar-refractivity contribution in [1.82, 2.24) is 0 Å². The Bertz CT molecular complexity index is 1060. The molecular weight excluding hydrogens is 368 g/mol. The Kier molecular flexibility index (Phi) is 4.90. The van der Waals surface area contributed by atoms with E-state index in [1.807, 2.05) is 0 Å². The number of aryl methyl sites for hydroxylation is 1. The Morgan fingerprint density at radius 1 is 1.19 bits per heavy atom. The Morgan fingerprint density at radius 3 is 2.69 bits per heavy atom. The van der Waals surface area contributed by atoms with Crippen LogP contribution in [0.15, 0.2) is 45.6 Å². The smallest absolute Gasteiger partial charge is 0.336 e. The Hall–Kier alpha value is -2.93. The van der Waals surface area contributed by atoms with Crippen molar-refractivity contribution in [3.63, 3.8) is 0 Å². The zero-order chi connectivity index (χ0) is 18.8. The summed E-state index contributed by atoms with van der Waals surface area (Å²) in [5.41, 5.74) is 0.541. The minimum absolute atomic E-state index is 0.0868.